The largest absolute Gasteiger partial charge is 0.319 e. The second-order valence-corrected chi connectivity index (χ2v) is 4.59. The van der Waals surface area contributed by atoms with Crippen molar-refractivity contribution in [3.63, 3.8) is 0 Å². The van der Waals surface area contributed by atoms with Crippen LogP contribution in [0.2, 0.25) is 0 Å². The summed E-state index contributed by atoms with van der Waals surface area (Å²) in [5.74, 6) is 0. The fourth-order valence-electron chi connectivity index (χ4n) is 2.20. The van der Waals surface area contributed by atoms with Gasteiger partial charge in [0.2, 0.25) is 0 Å². The summed E-state index contributed by atoms with van der Waals surface area (Å²) in [5.41, 5.74) is 1.46. The van der Waals surface area contributed by atoms with Gasteiger partial charge in [-0.1, -0.05) is 36.4 Å². The SMILES string of the molecule is C[N+]1(C)CC=CC[C@H]1c1ccccc1. The van der Waals surface area contributed by atoms with E-state index in [4.69, 9.17) is 0 Å². The molecule has 0 fully saturated rings. The molecule has 1 nitrogen and oxygen atoms in total. The van der Waals surface area contributed by atoms with Crippen LogP contribution in [-0.2, 0) is 0 Å². The third-order valence-electron chi connectivity index (χ3n) is 3.13. The highest BCUT2D eigenvalue weighted by Crippen LogP contribution is 2.31. The molecule has 14 heavy (non-hydrogen) atoms. The molecule has 0 N–H and O–H groups in total. The van der Waals surface area contributed by atoms with Gasteiger partial charge in [0.05, 0.1) is 20.6 Å². The van der Waals surface area contributed by atoms with E-state index in [1.807, 2.05) is 0 Å². The lowest BCUT2D eigenvalue weighted by Gasteiger charge is -2.39. The van der Waals surface area contributed by atoms with Crippen molar-refractivity contribution in [2.45, 2.75) is 12.5 Å². The van der Waals surface area contributed by atoms with E-state index >= 15 is 0 Å². The summed E-state index contributed by atoms with van der Waals surface area (Å²) < 4.78 is 1.07. The monoisotopic (exact) mass is 188 g/mol. The normalized spacial score (nSPS) is 24.9. The molecule has 0 amide bonds. The van der Waals surface area contributed by atoms with E-state index in [-0.39, 0.29) is 0 Å². The smallest absolute Gasteiger partial charge is 0.118 e. The third-order valence-corrected chi connectivity index (χ3v) is 3.13. The maximum absolute atomic E-state index is 2.31. The van der Waals surface area contributed by atoms with Crippen molar-refractivity contribution in [2.75, 3.05) is 20.6 Å². The fraction of sp³-hybridized carbons (Fsp3) is 0.385. The molecule has 1 heterocycles. The molecule has 0 bridgehead atoms. The van der Waals surface area contributed by atoms with E-state index in [1.54, 1.807) is 0 Å². The van der Waals surface area contributed by atoms with Crippen LogP contribution in [0.4, 0.5) is 0 Å². The van der Waals surface area contributed by atoms with Crippen molar-refractivity contribution in [1.29, 1.82) is 0 Å². The molecule has 1 atom stereocenters. The standard InChI is InChI=1S/C13H18N/c1-14(2)11-7-6-10-13(14)12-8-4-3-5-9-12/h3-9,13H,10-11H2,1-2H3/q+1/t13-/m0/s1. The van der Waals surface area contributed by atoms with Crippen LogP contribution < -0.4 is 0 Å². The summed E-state index contributed by atoms with van der Waals surface area (Å²) in [6.45, 7) is 1.14. The zero-order valence-electron chi connectivity index (χ0n) is 8.98. The number of nitrogens with zero attached hydrogens (tertiary/aromatic N) is 1. The van der Waals surface area contributed by atoms with Gasteiger partial charge in [0.1, 0.15) is 6.04 Å². The van der Waals surface area contributed by atoms with E-state index in [9.17, 15) is 0 Å². The van der Waals surface area contributed by atoms with Gasteiger partial charge in [0, 0.05) is 12.0 Å². The average molecular weight is 188 g/mol. The minimum atomic E-state index is 0.626. The molecule has 0 aromatic heterocycles. The predicted molar refractivity (Wildman–Crippen MR) is 59.9 cm³/mol. The first kappa shape index (κ1) is 9.47. The van der Waals surface area contributed by atoms with E-state index < -0.39 is 0 Å². The Morgan fingerprint density at radius 2 is 1.79 bits per heavy atom. The lowest BCUT2D eigenvalue weighted by Crippen LogP contribution is -2.44. The molecule has 1 aromatic carbocycles. The molecule has 1 aliphatic heterocycles. The van der Waals surface area contributed by atoms with E-state index in [0.29, 0.717) is 6.04 Å². The summed E-state index contributed by atoms with van der Waals surface area (Å²) in [6, 6.07) is 11.5. The molecule has 0 unspecified atom stereocenters. The second-order valence-electron chi connectivity index (χ2n) is 4.59. The molecule has 74 valence electrons. The summed E-state index contributed by atoms with van der Waals surface area (Å²) in [4.78, 5) is 0. The van der Waals surface area contributed by atoms with Crippen LogP contribution in [0.5, 0.6) is 0 Å². The van der Waals surface area contributed by atoms with E-state index in [2.05, 4.69) is 56.6 Å². The van der Waals surface area contributed by atoms with Crippen molar-refractivity contribution in [2.24, 2.45) is 0 Å². The molecule has 0 saturated heterocycles. The predicted octanol–water partition coefficient (Wildman–Crippen LogP) is 2.76. The zero-order chi connectivity index (χ0) is 10.0. The van der Waals surface area contributed by atoms with Crippen molar-refractivity contribution < 1.29 is 4.48 Å². The first-order chi connectivity index (χ1) is 6.70. The molecule has 0 radical (unpaired) electrons. The highest BCUT2D eigenvalue weighted by Gasteiger charge is 2.29. The fourth-order valence-corrected chi connectivity index (χ4v) is 2.20. The maximum Gasteiger partial charge on any atom is 0.118 e. The molecule has 2 rings (SSSR count). The van der Waals surface area contributed by atoms with E-state index in [1.165, 1.54) is 5.56 Å². The van der Waals surface area contributed by atoms with Gasteiger partial charge in [-0.3, -0.25) is 0 Å². The van der Waals surface area contributed by atoms with Crippen LogP contribution in [0, 0.1) is 0 Å². The topological polar surface area (TPSA) is 0 Å². The van der Waals surface area contributed by atoms with Crippen LogP contribution in [0.1, 0.15) is 18.0 Å². The van der Waals surface area contributed by atoms with Crippen LogP contribution in [0.15, 0.2) is 42.5 Å². The van der Waals surface area contributed by atoms with Crippen LogP contribution in [-0.4, -0.2) is 25.1 Å². The Morgan fingerprint density at radius 3 is 2.43 bits per heavy atom. The summed E-state index contributed by atoms with van der Waals surface area (Å²) in [6.07, 6.45) is 5.76. The van der Waals surface area contributed by atoms with E-state index in [0.717, 1.165) is 17.4 Å². The number of benzene rings is 1. The molecular weight excluding hydrogens is 170 g/mol. The number of likely N-dealkylation sites (N-methyl/N-ethyl adjacent to an activating group) is 1. The zero-order valence-corrected chi connectivity index (χ0v) is 8.98. The Bertz CT molecular complexity index is 324. The van der Waals surface area contributed by atoms with Gasteiger partial charge in [0.15, 0.2) is 0 Å². The summed E-state index contributed by atoms with van der Waals surface area (Å²) in [5, 5.41) is 0. The van der Waals surface area contributed by atoms with Crippen molar-refractivity contribution >= 4 is 0 Å². The molecule has 1 aromatic rings. The highest BCUT2D eigenvalue weighted by atomic mass is 15.3. The number of hydrogen-bond acceptors (Lipinski definition) is 0. The van der Waals surface area contributed by atoms with Gasteiger partial charge in [-0.15, -0.1) is 0 Å². The van der Waals surface area contributed by atoms with Gasteiger partial charge in [-0.2, -0.15) is 0 Å². The first-order valence-corrected chi connectivity index (χ1v) is 5.23. The lowest BCUT2D eigenvalue weighted by molar-refractivity contribution is -0.917. The van der Waals surface area contributed by atoms with Gasteiger partial charge >= 0.3 is 0 Å². The number of hydrogen-bond donors (Lipinski definition) is 0. The Kier molecular flexibility index (Phi) is 2.42. The van der Waals surface area contributed by atoms with Crippen molar-refractivity contribution in [1.82, 2.24) is 0 Å². The molecular formula is C13H18N+. The van der Waals surface area contributed by atoms with Gasteiger partial charge in [-0.05, 0) is 6.08 Å². The van der Waals surface area contributed by atoms with Gasteiger partial charge < -0.3 is 4.48 Å². The first-order valence-electron chi connectivity index (χ1n) is 5.23. The Hall–Kier alpha value is -1.08. The maximum atomic E-state index is 2.31. The second kappa shape index (κ2) is 3.58. The highest BCUT2D eigenvalue weighted by molar-refractivity contribution is 5.19. The number of quaternary nitrogens is 1. The lowest BCUT2D eigenvalue weighted by atomic mass is 9.97. The molecule has 0 aliphatic carbocycles. The minimum Gasteiger partial charge on any atom is -0.319 e. The Labute approximate surface area is 86.3 Å². The number of rotatable bonds is 1. The third kappa shape index (κ3) is 1.73. The van der Waals surface area contributed by atoms with Gasteiger partial charge in [-0.25, -0.2) is 0 Å². The summed E-state index contributed by atoms with van der Waals surface area (Å²) >= 11 is 0. The van der Waals surface area contributed by atoms with Gasteiger partial charge in [0.25, 0.3) is 0 Å². The Morgan fingerprint density at radius 1 is 1.07 bits per heavy atom. The Balaban J connectivity index is 2.30. The quantitative estimate of drug-likeness (QED) is 0.469. The van der Waals surface area contributed by atoms with Crippen molar-refractivity contribution in [3.8, 4) is 0 Å². The van der Waals surface area contributed by atoms with Crippen LogP contribution in [0.25, 0.3) is 0 Å². The molecule has 0 spiro atoms. The average Bonchev–Trinajstić information content (AvgIpc) is 2.18. The van der Waals surface area contributed by atoms with Crippen LogP contribution in [0.3, 0.4) is 0 Å². The summed E-state index contributed by atoms with van der Waals surface area (Å²) in [7, 11) is 4.61. The molecule has 0 saturated carbocycles. The minimum absolute atomic E-state index is 0.626. The van der Waals surface area contributed by atoms with Crippen LogP contribution >= 0.6 is 0 Å². The molecule has 1 aliphatic rings. The molecule has 1 heteroatoms. The van der Waals surface area contributed by atoms with Crippen molar-refractivity contribution in [3.05, 3.63) is 48.0 Å².